The maximum Gasteiger partial charge on any atom is 0.254 e. The Morgan fingerprint density at radius 1 is 0.683 bits per heavy atom. The summed E-state index contributed by atoms with van der Waals surface area (Å²) in [6.45, 7) is 0.976. The third-order valence-electron chi connectivity index (χ3n) is 8.26. The Morgan fingerprint density at radius 3 is 1.66 bits per heavy atom. The Hall–Kier alpha value is -4.34. The number of hydrogen-bond acceptors (Lipinski definition) is 8. The van der Waals surface area contributed by atoms with Gasteiger partial charge in [-0.2, -0.15) is 0 Å². The van der Waals surface area contributed by atoms with Crippen LogP contribution in [0.3, 0.4) is 0 Å². The van der Waals surface area contributed by atoms with Crippen LogP contribution in [0.25, 0.3) is 0 Å². The van der Waals surface area contributed by atoms with Crippen LogP contribution in [0.5, 0.6) is 11.5 Å². The van der Waals surface area contributed by atoms with Crippen molar-refractivity contribution in [3.8, 4) is 11.5 Å². The van der Waals surface area contributed by atoms with Gasteiger partial charge >= 0.3 is 0 Å². The largest absolute Gasteiger partial charge is 0.508 e. The molecular formula is C31H32N2O8. The number of ether oxygens (including phenoxy) is 1. The smallest absolute Gasteiger partial charge is 0.254 e. The van der Waals surface area contributed by atoms with Crippen molar-refractivity contribution in [1.82, 2.24) is 9.80 Å². The van der Waals surface area contributed by atoms with Gasteiger partial charge in [0.1, 0.15) is 23.1 Å². The summed E-state index contributed by atoms with van der Waals surface area (Å²) in [5.74, 6) is 0.226. The predicted molar refractivity (Wildman–Crippen MR) is 146 cm³/mol. The minimum absolute atomic E-state index is 0.0224. The highest BCUT2D eigenvalue weighted by Gasteiger charge is 2.38. The second-order valence-electron chi connectivity index (χ2n) is 10.8. The van der Waals surface area contributed by atoms with Crippen LogP contribution in [0.15, 0.2) is 36.4 Å². The van der Waals surface area contributed by atoms with Crippen LogP contribution in [-0.2, 0) is 32.0 Å². The lowest BCUT2D eigenvalue weighted by atomic mass is 9.89. The fourth-order valence-electron chi connectivity index (χ4n) is 6.07. The van der Waals surface area contributed by atoms with Gasteiger partial charge in [0.15, 0.2) is 11.6 Å². The van der Waals surface area contributed by atoms with Crippen LogP contribution in [0.4, 0.5) is 0 Å². The number of methoxy groups -OCH3 is 1. The second kappa shape index (κ2) is 11.6. The molecule has 0 aromatic heterocycles. The van der Waals surface area contributed by atoms with E-state index in [2.05, 4.69) is 0 Å². The molecule has 2 aliphatic carbocycles. The summed E-state index contributed by atoms with van der Waals surface area (Å²) in [5.41, 5.74) is 2.94. The van der Waals surface area contributed by atoms with Gasteiger partial charge in [-0.05, 0) is 73.2 Å². The first-order chi connectivity index (χ1) is 19.7. The van der Waals surface area contributed by atoms with E-state index in [4.69, 9.17) is 4.74 Å². The van der Waals surface area contributed by atoms with Crippen LogP contribution in [0.1, 0.15) is 70.4 Å². The van der Waals surface area contributed by atoms with E-state index in [-0.39, 0.29) is 53.5 Å². The molecule has 41 heavy (non-hydrogen) atoms. The zero-order chi connectivity index (χ0) is 29.3. The fraction of sp³-hybridized carbons (Fsp3) is 0.419. The van der Waals surface area contributed by atoms with Gasteiger partial charge < -0.3 is 19.6 Å². The number of ketones is 4. The molecule has 2 unspecified atom stereocenters. The van der Waals surface area contributed by atoms with Crippen LogP contribution < -0.4 is 4.74 Å². The minimum atomic E-state index is -0.470. The molecule has 2 aromatic rings. The molecule has 10 nitrogen and oxygen atoms in total. The lowest BCUT2D eigenvalue weighted by Gasteiger charge is -2.36. The molecule has 2 amide bonds. The third kappa shape index (κ3) is 5.77. The highest BCUT2D eigenvalue weighted by molar-refractivity contribution is 6.08. The Labute approximate surface area is 237 Å². The van der Waals surface area contributed by atoms with Crippen molar-refractivity contribution in [1.29, 1.82) is 0 Å². The van der Waals surface area contributed by atoms with Gasteiger partial charge in [0.05, 0.1) is 32.0 Å². The molecule has 2 saturated carbocycles. The lowest BCUT2D eigenvalue weighted by molar-refractivity contribution is -0.134. The average Bonchev–Trinajstić information content (AvgIpc) is 2.94. The number of aromatic hydroxyl groups is 1. The fourth-order valence-corrected chi connectivity index (χ4v) is 6.07. The summed E-state index contributed by atoms with van der Waals surface area (Å²) in [7, 11) is 1.59. The van der Waals surface area contributed by atoms with Gasteiger partial charge in [-0.15, -0.1) is 0 Å². The summed E-state index contributed by atoms with van der Waals surface area (Å²) in [5, 5.41) is 9.44. The molecule has 0 bridgehead atoms. The molecule has 10 heteroatoms. The zero-order valence-electron chi connectivity index (χ0n) is 22.9. The molecule has 0 saturated heterocycles. The van der Waals surface area contributed by atoms with Gasteiger partial charge in [-0.25, -0.2) is 0 Å². The van der Waals surface area contributed by atoms with E-state index in [0.717, 1.165) is 16.9 Å². The lowest BCUT2D eigenvalue weighted by Crippen LogP contribution is -2.50. The molecule has 4 aliphatic rings. The number of benzene rings is 2. The quantitative estimate of drug-likeness (QED) is 0.565. The molecule has 2 atom stereocenters. The maximum absolute atomic E-state index is 12.6. The van der Waals surface area contributed by atoms with Crippen molar-refractivity contribution < 1.29 is 38.6 Å². The number of phenolic OH excluding ortho intramolecular Hbond substituents is 1. The molecule has 0 spiro atoms. The molecule has 0 radical (unpaired) electrons. The third-order valence-corrected chi connectivity index (χ3v) is 8.26. The number of hydrogen-bond donors (Lipinski definition) is 1. The molecule has 1 N–H and O–H groups in total. The number of phenols is 1. The first-order valence-corrected chi connectivity index (χ1v) is 13.9. The maximum atomic E-state index is 12.6. The summed E-state index contributed by atoms with van der Waals surface area (Å²) in [6, 6.07) is 9.14. The van der Waals surface area contributed by atoms with Gasteiger partial charge in [0.25, 0.3) is 11.8 Å². The SMILES string of the molecule is COc1ccc2c(c1)CCN(C1CCC(=O)CC1=O)C2=O.O=C1CCC(N2CCc3cc(O)ccc3C2=O)C(=O)C1. The van der Waals surface area contributed by atoms with Crippen molar-refractivity contribution in [2.75, 3.05) is 20.2 Å². The summed E-state index contributed by atoms with van der Waals surface area (Å²) in [6.07, 6.45) is 2.86. The molecule has 2 aliphatic heterocycles. The summed E-state index contributed by atoms with van der Waals surface area (Å²) < 4.78 is 5.17. The van der Waals surface area contributed by atoms with E-state index in [1.165, 1.54) is 6.07 Å². The monoisotopic (exact) mass is 560 g/mol. The average molecular weight is 561 g/mol. The highest BCUT2D eigenvalue weighted by atomic mass is 16.5. The van der Waals surface area contributed by atoms with E-state index in [1.54, 1.807) is 41.2 Å². The Bertz CT molecular complexity index is 1450. The Balaban J connectivity index is 0.000000165. The van der Waals surface area contributed by atoms with Crippen LogP contribution in [-0.4, -0.2) is 82.1 Å². The van der Waals surface area contributed by atoms with E-state index in [1.807, 2.05) is 6.07 Å². The standard InChI is InChI=1S/C16H17NO4.C15H15NO4/c1-21-12-3-4-13-10(8-12)6-7-17(16(13)20)14-5-2-11(18)9-15(14)19;17-10-1-3-12-9(7-10)5-6-16(15(12)20)13-4-2-11(18)8-14(13)19/h3-4,8,14H,2,5-7,9H2,1H3;1,3,7,13,17H,2,4-6,8H2. The summed E-state index contributed by atoms with van der Waals surface area (Å²) in [4.78, 5) is 74.8. The van der Waals surface area contributed by atoms with Gasteiger partial charge in [0, 0.05) is 37.1 Å². The van der Waals surface area contributed by atoms with Gasteiger partial charge in [0.2, 0.25) is 0 Å². The first-order valence-electron chi connectivity index (χ1n) is 13.9. The highest BCUT2D eigenvalue weighted by Crippen LogP contribution is 2.29. The molecule has 2 heterocycles. The number of fused-ring (bicyclic) bond motifs is 2. The van der Waals surface area contributed by atoms with Crippen molar-refractivity contribution >= 4 is 34.9 Å². The summed E-state index contributed by atoms with van der Waals surface area (Å²) >= 11 is 0. The minimum Gasteiger partial charge on any atom is -0.508 e. The number of carbonyl (C=O) groups is 6. The molecule has 214 valence electrons. The van der Waals surface area contributed by atoms with E-state index in [0.29, 0.717) is 62.7 Å². The Morgan fingerprint density at radius 2 is 1.17 bits per heavy atom. The molecule has 6 rings (SSSR count). The van der Waals surface area contributed by atoms with Gasteiger partial charge in [-0.1, -0.05) is 0 Å². The second-order valence-corrected chi connectivity index (χ2v) is 10.8. The van der Waals surface area contributed by atoms with Crippen molar-refractivity contribution in [3.63, 3.8) is 0 Å². The van der Waals surface area contributed by atoms with E-state index < -0.39 is 12.1 Å². The van der Waals surface area contributed by atoms with Crippen LogP contribution in [0.2, 0.25) is 0 Å². The van der Waals surface area contributed by atoms with E-state index in [9.17, 15) is 33.9 Å². The van der Waals surface area contributed by atoms with E-state index >= 15 is 0 Å². The Kier molecular flexibility index (Phi) is 8.01. The normalized spacial score (nSPS) is 22.6. The number of rotatable bonds is 3. The number of Topliss-reactive ketones (excluding diaryl/α,β-unsaturated/α-hetero) is 4. The van der Waals surface area contributed by atoms with Crippen LogP contribution in [0, 0.1) is 0 Å². The molecular weight excluding hydrogens is 528 g/mol. The van der Waals surface area contributed by atoms with Crippen LogP contribution >= 0.6 is 0 Å². The topological polar surface area (TPSA) is 138 Å². The number of nitrogens with zero attached hydrogens (tertiary/aromatic N) is 2. The van der Waals surface area contributed by atoms with Gasteiger partial charge in [-0.3, -0.25) is 28.8 Å². The number of amides is 2. The first kappa shape index (κ1) is 28.2. The van der Waals surface area contributed by atoms with Crippen molar-refractivity contribution in [3.05, 3.63) is 58.7 Å². The predicted octanol–water partition coefficient (Wildman–Crippen LogP) is 2.47. The van der Waals surface area contributed by atoms with Crippen molar-refractivity contribution in [2.45, 2.75) is 63.5 Å². The number of carbonyl (C=O) groups excluding carboxylic acids is 6. The molecule has 2 fully saturated rings. The molecule has 2 aromatic carbocycles. The zero-order valence-corrected chi connectivity index (χ0v) is 22.9. The van der Waals surface area contributed by atoms with Crippen molar-refractivity contribution in [2.24, 2.45) is 0 Å².